The molecule has 0 radical (unpaired) electrons. The molecule has 18 heavy (non-hydrogen) atoms. The van der Waals surface area contributed by atoms with Crippen LogP contribution in [0.3, 0.4) is 0 Å². The van der Waals surface area contributed by atoms with Gasteiger partial charge in [-0.25, -0.2) is 4.52 Å². The lowest BCUT2D eigenvalue weighted by Gasteiger charge is -2.11. The van der Waals surface area contributed by atoms with E-state index in [4.69, 9.17) is 4.74 Å². The highest BCUT2D eigenvalue weighted by Gasteiger charge is 2.13. The van der Waals surface area contributed by atoms with Gasteiger partial charge in [0, 0.05) is 18.3 Å². The summed E-state index contributed by atoms with van der Waals surface area (Å²) < 4.78 is 6.75. The summed E-state index contributed by atoms with van der Waals surface area (Å²) in [5, 5.41) is 7.37. The van der Waals surface area contributed by atoms with E-state index < -0.39 is 0 Å². The first-order chi connectivity index (χ1) is 8.72. The van der Waals surface area contributed by atoms with Crippen molar-refractivity contribution >= 4 is 11.5 Å². The number of hydrogen-bond acceptors (Lipinski definition) is 4. The molecule has 96 valence electrons. The molecule has 2 rings (SSSR count). The average molecular weight is 247 g/mol. The van der Waals surface area contributed by atoms with E-state index >= 15 is 0 Å². The van der Waals surface area contributed by atoms with E-state index in [-0.39, 0.29) is 12.0 Å². The largest absolute Gasteiger partial charge is 0.465 e. The van der Waals surface area contributed by atoms with Gasteiger partial charge in [0.25, 0.3) is 0 Å². The minimum absolute atomic E-state index is 0.228. The Labute approximate surface area is 106 Å². The Kier molecular flexibility index (Phi) is 3.94. The van der Waals surface area contributed by atoms with Crippen LogP contribution in [-0.4, -0.2) is 28.2 Å². The first-order valence-corrected chi connectivity index (χ1v) is 6.03. The van der Waals surface area contributed by atoms with E-state index in [0.29, 0.717) is 13.2 Å². The molecule has 0 saturated carbocycles. The van der Waals surface area contributed by atoms with Crippen LogP contribution in [0.4, 0.5) is 0 Å². The lowest BCUT2D eigenvalue weighted by molar-refractivity contribution is -0.145. The molecule has 0 amide bonds. The number of carbonyl (C=O) groups is 1. The Hall–Kier alpha value is -1.88. The van der Waals surface area contributed by atoms with Crippen LogP contribution in [0.1, 0.15) is 19.4 Å². The summed E-state index contributed by atoms with van der Waals surface area (Å²) in [6, 6.07) is 5.58. The maximum absolute atomic E-state index is 11.5. The number of hydrogen-bond donors (Lipinski definition) is 1. The molecule has 2 aromatic rings. The summed E-state index contributed by atoms with van der Waals surface area (Å²) in [6.07, 6.45) is 3.70. The van der Waals surface area contributed by atoms with Crippen molar-refractivity contribution in [3.8, 4) is 0 Å². The van der Waals surface area contributed by atoms with E-state index in [1.807, 2.05) is 28.9 Å². The molecule has 2 aromatic heterocycles. The van der Waals surface area contributed by atoms with Gasteiger partial charge in [0.1, 0.15) is 6.04 Å². The number of nitrogens with zero attached hydrogens (tertiary/aromatic N) is 2. The van der Waals surface area contributed by atoms with Crippen LogP contribution in [0.15, 0.2) is 30.6 Å². The predicted octanol–water partition coefficient (Wildman–Crippen LogP) is 1.38. The quantitative estimate of drug-likeness (QED) is 0.811. The number of carbonyl (C=O) groups excluding carboxylic acids is 1. The van der Waals surface area contributed by atoms with Gasteiger partial charge in [-0.05, 0) is 26.0 Å². The second kappa shape index (κ2) is 5.64. The minimum atomic E-state index is -0.316. The van der Waals surface area contributed by atoms with Gasteiger partial charge in [-0.1, -0.05) is 6.07 Å². The Morgan fingerprint density at radius 1 is 1.56 bits per heavy atom. The summed E-state index contributed by atoms with van der Waals surface area (Å²) in [5.41, 5.74) is 2.10. The summed E-state index contributed by atoms with van der Waals surface area (Å²) >= 11 is 0. The number of aromatic nitrogens is 2. The Balaban J connectivity index is 2.00. The van der Waals surface area contributed by atoms with Crippen molar-refractivity contribution in [2.45, 2.75) is 26.4 Å². The third kappa shape index (κ3) is 2.68. The predicted molar refractivity (Wildman–Crippen MR) is 68.1 cm³/mol. The van der Waals surface area contributed by atoms with E-state index in [1.54, 1.807) is 20.0 Å². The van der Waals surface area contributed by atoms with Crippen LogP contribution < -0.4 is 5.32 Å². The second-order valence-corrected chi connectivity index (χ2v) is 4.05. The van der Waals surface area contributed by atoms with E-state index in [2.05, 4.69) is 10.4 Å². The highest BCUT2D eigenvalue weighted by atomic mass is 16.5. The van der Waals surface area contributed by atoms with Crippen molar-refractivity contribution < 1.29 is 9.53 Å². The van der Waals surface area contributed by atoms with Crippen molar-refractivity contribution in [2.75, 3.05) is 6.61 Å². The normalized spacial score (nSPS) is 12.6. The Morgan fingerprint density at radius 3 is 3.17 bits per heavy atom. The van der Waals surface area contributed by atoms with Crippen molar-refractivity contribution in [2.24, 2.45) is 0 Å². The fourth-order valence-corrected chi connectivity index (χ4v) is 1.74. The molecule has 5 heteroatoms. The first kappa shape index (κ1) is 12.6. The molecular weight excluding hydrogens is 230 g/mol. The maximum atomic E-state index is 11.5. The van der Waals surface area contributed by atoms with Crippen LogP contribution in [-0.2, 0) is 16.1 Å². The first-order valence-electron chi connectivity index (χ1n) is 6.03. The molecule has 0 spiro atoms. The van der Waals surface area contributed by atoms with Crippen LogP contribution in [0.2, 0.25) is 0 Å². The topological polar surface area (TPSA) is 55.6 Å². The monoisotopic (exact) mass is 247 g/mol. The zero-order chi connectivity index (χ0) is 13.0. The van der Waals surface area contributed by atoms with E-state index in [1.165, 1.54) is 0 Å². The van der Waals surface area contributed by atoms with Crippen LogP contribution in [0, 0.1) is 0 Å². The number of fused-ring (bicyclic) bond motifs is 1. The molecule has 1 N–H and O–H groups in total. The fourth-order valence-electron chi connectivity index (χ4n) is 1.74. The molecule has 0 aliphatic heterocycles. The zero-order valence-corrected chi connectivity index (χ0v) is 10.6. The van der Waals surface area contributed by atoms with Crippen LogP contribution in [0.5, 0.6) is 0 Å². The maximum Gasteiger partial charge on any atom is 0.322 e. The van der Waals surface area contributed by atoms with Gasteiger partial charge in [-0.3, -0.25) is 4.79 Å². The molecule has 0 saturated heterocycles. The van der Waals surface area contributed by atoms with Crippen LogP contribution >= 0.6 is 0 Å². The van der Waals surface area contributed by atoms with Gasteiger partial charge in [-0.15, -0.1) is 0 Å². The second-order valence-electron chi connectivity index (χ2n) is 4.05. The minimum Gasteiger partial charge on any atom is -0.465 e. The van der Waals surface area contributed by atoms with Gasteiger partial charge in [-0.2, -0.15) is 5.10 Å². The summed E-state index contributed by atoms with van der Waals surface area (Å²) in [4.78, 5) is 11.5. The average Bonchev–Trinajstić information content (AvgIpc) is 2.79. The molecule has 2 heterocycles. The highest BCUT2D eigenvalue weighted by Crippen LogP contribution is 2.09. The number of ether oxygens (including phenoxy) is 1. The lowest BCUT2D eigenvalue weighted by atomic mass is 10.2. The Bertz CT molecular complexity index is 536. The van der Waals surface area contributed by atoms with Crippen molar-refractivity contribution in [1.82, 2.24) is 14.9 Å². The zero-order valence-electron chi connectivity index (χ0n) is 10.6. The van der Waals surface area contributed by atoms with Gasteiger partial charge in [0.05, 0.1) is 18.3 Å². The highest BCUT2D eigenvalue weighted by molar-refractivity contribution is 5.75. The molecular formula is C13H17N3O2. The third-order valence-corrected chi connectivity index (χ3v) is 2.75. The van der Waals surface area contributed by atoms with Gasteiger partial charge < -0.3 is 10.1 Å². The molecule has 0 aliphatic carbocycles. The van der Waals surface area contributed by atoms with Crippen molar-refractivity contribution in [3.05, 3.63) is 36.2 Å². The SMILES string of the molecule is CCOC(=O)C(C)NCc1cnn2ccccc12. The smallest absolute Gasteiger partial charge is 0.322 e. The summed E-state index contributed by atoms with van der Waals surface area (Å²) in [5.74, 6) is -0.228. The molecule has 0 aliphatic rings. The van der Waals surface area contributed by atoms with Gasteiger partial charge in [0.2, 0.25) is 0 Å². The number of rotatable bonds is 5. The molecule has 0 aromatic carbocycles. The third-order valence-electron chi connectivity index (χ3n) is 2.75. The number of nitrogens with one attached hydrogen (secondary N) is 1. The molecule has 5 nitrogen and oxygen atoms in total. The van der Waals surface area contributed by atoms with Crippen molar-refractivity contribution in [1.29, 1.82) is 0 Å². The standard InChI is InChI=1S/C13H17N3O2/c1-3-18-13(17)10(2)14-8-11-9-15-16-7-5-4-6-12(11)16/h4-7,9-10,14H,3,8H2,1-2H3. The molecule has 0 fully saturated rings. The lowest BCUT2D eigenvalue weighted by Crippen LogP contribution is -2.34. The van der Waals surface area contributed by atoms with E-state index in [0.717, 1.165) is 11.1 Å². The number of esters is 1. The number of pyridine rings is 1. The van der Waals surface area contributed by atoms with Gasteiger partial charge in [0.15, 0.2) is 0 Å². The van der Waals surface area contributed by atoms with Crippen molar-refractivity contribution in [3.63, 3.8) is 0 Å². The fraction of sp³-hybridized carbons (Fsp3) is 0.385. The molecule has 1 atom stereocenters. The van der Waals surface area contributed by atoms with Gasteiger partial charge >= 0.3 is 5.97 Å². The molecule has 0 bridgehead atoms. The summed E-state index contributed by atoms with van der Waals surface area (Å²) in [7, 11) is 0. The van der Waals surface area contributed by atoms with Crippen LogP contribution in [0.25, 0.3) is 5.52 Å². The summed E-state index contributed by atoms with van der Waals surface area (Å²) in [6.45, 7) is 4.59. The molecule has 1 unspecified atom stereocenters. The van der Waals surface area contributed by atoms with E-state index in [9.17, 15) is 4.79 Å². The Morgan fingerprint density at radius 2 is 2.39 bits per heavy atom.